The molecule has 7 heteroatoms. The predicted molar refractivity (Wildman–Crippen MR) is 97.8 cm³/mol. The molecule has 0 fully saturated rings. The van der Waals surface area contributed by atoms with E-state index in [9.17, 15) is 14.9 Å². The topological polar surface area (TPSA) is 75.5 Å². The van der Waals surface area contributed by atoms with Gasteiger partial charge in [-0.3, -0.25) is 14.9 Å². The van der Waals surface area contributed by atoms with E-state index in [0.717, 1.165) is 19.5 Å². The first-order valence-corrected chi connectivity index (χ1v) is 8.30. The number of amides is 1. The maximum atomic E-state index is 12.1. The van der Waals surface area contributed by atoms with Crippen molar-refractivity contribution in [1.82, 2.24) is 10.2 Å². The second-order valence-corrected chi connectivity index (χ2v) is 6.16. The van der Waals surface area contributed by atoms with Crippen LogP contribution < -0.4 is 5.32 Å². The van der Waals surface area contributed by atoms with Crippen LogP contribution in [0, 0.1) is 10.1 Å². The Labute approximate surface area is 151 Å². The molecule has 2 aromatic rings. The summed E-state index contributed by atoms with van der Waals surface area (Å²) in [7, 11) is 2.03. The average Bonchev–Trinajstić information content (AvgIpc) is 2.59. The standard InChI is InChI=1S/C18H20ClN3O3/c1-21(13-14-6-3-2-4-7-14)11-5-10-20-18(23)15-8-9-16(19)17(12-15)22(24)25/h2-4,6-9,12H,5,10-11,13H2,1H3,(H,20,23). The van der Waals surface area contributed by atoms with Crippen LogP contribution in [0.1, 0.15) is 22.3 Å². The minimum Gasteiger partial charge on any atom is -0.352 e. The second-order valence-electron chi connectivity index (χ2n) is 5.76. The van der Waals surface area contributed by atoms with Gasteiger partial charge >= 0.3 is 0 Å². The van der Waals surface area contributed by atoms with Gasteiger partial charge in [-0.1, -0.05) is 41.9 Å². The summed E-state index contributed by atoms with van der Waals surface area (Å²) in [6.07, 6.45) is 0.782. The Morgan fingerprint density at radius 1 is 1.24 bits per heavy atom. The maximum absolute atomic E-state index is 12.1. The lowest BCUT2D eigenvalue weighted by atomic mass is 10.2. The number of nitrogens with one attached hydrogen (secondary N) is 1. The predicted octanol–water partition coefficient (Wildman–Crippen LogP) is 3.50. The molecular weight excluding hydrogens is 342 g/mol. The van der Waals surface area contributed by atoms with E-state index in [0.29, 0.717) is 6.54 Å². The monoisotopic (exact) mass is 361 g/mol. The molecule has 0 unspecified atom stereocenters. The zero-order valence-electron chi connectivity index (χ0n) is 13.9. The molecule has 132 valence electrons. The van der Waals surface area contributed by atoms with Gasteiger partial charge < -0.3 is 10.2 Å². The van der Waals surface area contributed by atoms with E-state index in [1.165, 1.54) is 23.8 Å². The first kappa shape index (κ1) is 18.9. The number of hydrogen-bond acceptors (Lipinski definition) is 4. The van der Waals surface area contributed by atoms with Crippen molar-refractivity contribution in [3.8, 4) is 0 Å². The van der Waals surface area contributed by atoms with E-state index in [1.807, 2.05) is 25.2 Å². The maximum Gasteiger partial charge on any atom is 0.288 e. The highest BCUT2D eigenvalue weighted by Gasteiger charge is 2.16. The number of nitro groups is 1. The normalized spacial score (nSPS) is 10.7. The zero-order chi connectivity index (χ0) is 18.2. The van der Waals surface area contributed by atoms with Gasteiger partial charge in [-0.05, 0) is 37.7 Å². The molecule has 0 radical (unpaired) electrons. The minimum atomic E-state index is -0.600. The molecule has 0 bridgehead atoms. The van der Waals surface area contributed by atoms with Crippen LogP contribution >= 0.6 is 11.6 Å². The van der Waals surface area contributed by atoms with Crippen LogP contribution in [-0.2, 0) is 6.54 Å². The van der Waals surface area contributed by atoms with E-state index in [-0.39, 0.29) is 22.2 Å². The second kappa shape index (κ2) is 9.15. The van der Waals surface area contributed by atoms with Gasteiger partial charge in [-0.25, -0.2) is 0 Å². The van der Waals surface area contributed by atoms with Gasteiger partial charge in [0.1, 0.15) is 5.02 Å². The SMILES string of the molecule is CN(CCCNC(=O)c1ccc(Cl)c([N+](=O)[O-])c1)Cc1ccccc1. The van der Waals surface area contributed by atoms with Crippen molar-refractivity contribution in [3.63, 3.8) is 0 Å². The smallest absolute Gasteiger partial charge is 0.288 e. The Bertz CT molecular complexity index is 738. The van der Waals surface area contributed by atoms with Crippen LogP contribution in [-0.4, -0.2) is 35.9 Å². The molecule has 2 rings (SSSR count). The highest BCUT2D eigenvalue weighted by Crippen LogP contribution is 2.24. The van der Waals surface area contributed by atoms with E-state index in [4.69, 9.17) is 11.6 Å². The summed E-state index contributed by atoms with van der Waals surface area (Å²) in [5.41, 5.74) is 1.20. The Morgan fingerprint density at radius 3 is 2.64 bits per heavy atom. The number of nitro benzene ring substituents is 1. The third-order valence-electron chi connectivity index (χ3n) is 3.70. The summed E-state index contributed by atoms with van der Waals surface area (Å²) in [4.78, 5) is 24.5. The fourth-order valence-electron chi connectivity index (χ4n) is 2.42. The first-order valence-electron chi connectivity index (χ1n) is 7.92. The lowest BCUT2D eigenvalue weighted by Crippen LogP contribution is -2.28. The highest BCUT2D eigenvalue weighted by atomic mass is 35.5. The fraction of sp³-hybridized carbons (Fsp3) is 0.278. The fourth-order valence-corrected chi connectivity index (χ4v) is 2.61. The molecule has 0 aliphatic heterocycles. The van der Waals surface area contributed by atoms with Crippen molar-refractivity contribution in [3.05, 3.63) is 74.8 Å². The third kappa shape index (κ3) is 5.85. The average molecular weight is 362 g/mol. The Kier molecular flexibility index (Phi) is 6.91. The van der Waals surface area contributed by atoms with E-state index in [1.54, 1.807) is 0 Å². The molecule has 0 spiro atoms. The molecule has 2 aromatic carbocycles. The van der Waals surface area contributed by atoms with Crippen LogP contribution in [0.15, 0.2) is 48.5 Å². The summed E-state index contributed by atoms with van der Waals surface area (Å²) in [6.45, 7) is 2.17. The zero-order valence-corrected chi connectivity index (χ0v) is 14.7. The molecule has 0 aliphatic carbocycles. The quantitative estimate of drug-likeness (QED) is 0.443. The van der Waals surface area contributed by atoms with Gasteiger partial charge in [0, 0.05) is 24.7 Å². The number of nitrogens with zero attached hydrogens (tertiary/aromatic N) is 2. The van der Waals surface area contributed by atoms with Crippen molar-refractivity contribution >= 4 is 23.2 Å². The lowest BCUT2D eigenvalue weighted by molar-refractivity contribution is -0.384. The van der Waals surface area contributed by atoms with Gasteiger partial charge in [-0.2, -0.15) is 0 Å². The molecule has 0 atom stereocenters. The Balaban J connectivity index is 1.77. The first-order chi connectivity index (χ1) is 12.0. The van der Waals surface area contributed by atoms with E-state index < -0.39 is 4.92 Å². The van der Waals surface area contributed by atoms with Crippen LogP contribution in [0.3, 0.4) is 0 Å². The molecule has 25 heavy (non-hydrogen) atoms. The van der Waals surface area contributed by atoms with Crippen molar-refractivity contribution in [1.29, 1.82) is 0 Å². The number of carbonyl (C=O) groups is 1. The van der Waals surface area contributed by atoms with E-state index in [2.05, 4.69) is 22.3 Å². The number of benzene rings is 2. The van der Waals surface area contributed by atoms with Crippen molar-refractivity contribution in [2.45, 2.75) is 13.0 Å². The van der Waals surface area contributed by atoms with Crippen molar-refractivity contribution < 1.29 is 9.72 Å². The van der Waals surface area contributed by atoms with Gasteiger partial charge in [0.05, 0.1) is 4.92 Å². The van der Waals surface area contributed by atoms with Gasteiger partial charge in [0.2, 0.25) is 0 Å². The van der Waals surface area contributed by atoms with Crippen molar-refractivity contribution in [2.75, 3.05) is 20.1 Å². The van der Waals surface area contributed by atoms with Gasteiger partial charge in [0.25, 0.3) is 11.6 Å². The number of carbonyl (C=O) groups excluding carboxylic acids is 1. The summed E-state index contributed by atoms with van der Waals surface area (Å²) >= 11 is 5.75. The Morgan fingerprint density at radius 2 is 1.96 bits per heavy atom. The highest BCUT2D eigenvalue weighted by molar-refractivity contribution is 6.32. The lowest BCUT2D eigenvalue weighted by Gasteiger charge is -2.16. The number of halogens is 1. The van der Waals surface area contributed by atoms with Gasteiger partial charge in [0.15, 0.2) is 0 Å². The van der Waals surface area contributed by atoms with Crippen molar-refractivity contribution in [2.24, 2.45) is 0 Å². The third-order valence-corrected chi connectivity index (χ3v) is 4.02. The molecule has 1 amide bonds. The van der Waals surface area contributed by atoms with Crippen LogP contribution in [0.2, 0.25) is 5.02 Å². The summed E-state index contributed by atoms with van der Waals surface area (Å²) in [5.74, 6) is -0.342. The molecular formula is C18H20ClN3O3. The van der Waals surface area contributed by atoms with Crippen LogP contribution in [0.4, 0.5) is 5.69 Å². The molecule has 0 heterocycles. The summed E-state index contributed by atoms with van der Waals surface area (Å²) in [6, 6.07) is 14.2. The van der Waals surface area contributed by atoms with Gasteiger partial charge in [-0.15, -0.1) is 0 Å². The molecule has 0 saturated carbocycles. The number of rotatable bonds is 8. The molecule has 0 aliphatic rings. The summed E-state index contributed by atoms with van der Waals surface area (Å²) < 4.78 is 0. The molecule has 1 N–H and O–H groups in total. The summed E-state index contributed by atoms with van der Waals surface area (Å²) in [5, 5.41) is 13.7. The van der Waals surface area contributed by atoms with Crippen LogP contribution in [0.5, 0.6) is 0 Å². The van der Waals surface area contributed by atoms with E-state index >= 15 is 0 Å². The number of hydrogen-bond donors (Lipinski definition) is 1. The molecule has 0 saturated heterocycles. The minimum absolute atomic E-state index is 0.0177. The Hall–Kier alpha value is -2.44. The molecule has 0 aromatic heterocycles. The molecule has 6 nitrogen and oxygen atoms in total. The largest absolute Gasteiger partial charge is 0.352 e. The van der Waals surface area contributed by atoms with Crippen LogP contribution in [0.25, 0.3) is 0 Å².